The highest BCUT2D eigenvalue weighted by atomic mass is 16.5. The Morgan fingerprint density at radius 1 is 1.46 bits per heavy atom. The Morgan fingerprint density at radius 2 is 2.33 bits per heavy atom. The van der Waals surface area contributed by atoms with E-state index in [-0.39, 0.29) is 24.2 Å². The second-order valence-electron chi connectivity index (χ2n) is 5.70. The molecule has 3 rings (SSSR count). The molecule has 1 aliphatic rings. The SMILES string of the molecule is COc1cccc(N2C[C@H](C(=O)NCCn3ccnc3)CC2=O)c1. The Morgan fingerprint density at radius 3 is 3.08 bits per heavy atom. The van der Waals surface area contributed by atoms with Crippen LogP contribution in [-0.2, 0) is 16.1 Å². The van der Waals surface area contributed by atoms with E-state index in [0.29, 0.717) is 25.4 Å². The largest absolute Gasteiger partial charge is 0.497 e. The molecule has 1 aliphatic heterocycles. The quantitative estimate of drug-likeness (QED) is 0.860. The van der Waals surface area contributed by atoms with Crippen LogP contribution in [0.2, 0.25) is 0 Å². The van der Waals surface area contributed by atoms with E-state index in [1.165, 1.54) is 0 Å². The van der Waals surface area contributed by atoms with E-state index in [2.05, 4.69) is 10.3 Å². The van der Waals surface area contributed by atoms with E-state index in [9.17, 15) is 9.59 Å². The fourth-order valence-corrected chi connectivity index (χ4v) is 2.78. The van der Waals surface area contributed by atoms with Crippen LogP contribution in [0.4, 0.5) is 5.69 Å². The molecule has 2 amide bonds. The minimum absolute atomic E-state index is 0.0435. The molecule has 2 aromatic rings. The van der Waals surface area contributed by atoms with Gasteiger partial charge in [-0.2, -0.15) is 0 Å². The summed E-state index contributed by atoms with van der Waals surface area (Å²) in [6, 6.07) is 7.31. The van der Waals surface area contributed by atoms with Gasteiger partial charge in [0.2, 0.25) is 11.8 Å². The van der Waals surface area contributed by atoms with Crippen molar-refractivity contribution in [2.45, 2.75) is 13.0 Å². The van der Waals surface area contributed by atoms with E-state index in [1.807, 2.05) is 29.0 Å². The van der Waals surface area contributed by atoms with Gasteiger partial charge in [0.15, 0.2) is 0 Å². The number of aromatic nitrogens is 2. The fraction of sp³-hybridized carbons (Fsp3) is 0.353. The summed E-state index contributed by atoms with van der Waals surface area (Å²) >= 11 is 0. The zero-order valence-electron chi connectivity index (χ0n) is 13.5. The van der Waals surface area contributed by atoms with Crippen LogP contribution in [0.25, 0.3) is 0 Å². The van der Waals surface area contributed by atoms with Gasteiger partial charge in [0, 0.05) is 50.2 Å². The first-order valence-corrected chi connectivity index (χ1v) is 7.85. The smallest absolute Gasteiger partial charge is 0.227 e. The highest BCUT2D eigenvalue weighted by Crippen LogP contribution is 2.27. The maximum atomic E-state index is 12.3. The topological polar surface area (TPSA) is 76.5 Å². The number of imidazole rings is 1. The molecule has 1 saturated heterocycles. The van der Waals surface area contributed by atoms with Crippen molar-refractivity contribution in [3.8, 4) is 5.75 Å². The zero-order chi connectivity index (χ0) is 16.9. The Kier molecular flexibility index (Phi) is 4.79. The van der Waals surface area contributed by atoms with Gasteiger partial charge in [0.25, 0.3) is 0 Å². The monoisotopic (exact) mass is 328 g/mol. The van der Waals surface area contributed by atoms with Crippen molar-refractivity contribution in [1.82, 2.24) is 14.9 Å². The minimum atomic E-state index is -0.327. The average molecular weight is 328 g/mol. The number of hydrogen-bond donors (Lipinski definition) is 1. The molecule has 1 aromatic heterocycles. The van der Waals surface area contributed by atoms with Crippen molar-refractivity contribution in [2.24, 2.45) is 5.92 Å². The van der Waals surface area contributed by atoms with E-state index in [0.717, 1.165) is 5.69 Å². The van der Waals surface area contributed by atoms with Crippen LogP contribution in [0.3, 0.4) is 0 Å². The van der Waals surface area contributed by atoms with E-state index >= 15 is 0 Å². The second-order valence-corrected chi connectivity index (χ2v) is 5.70. The third-order valence-electron chi connectivity index (χ3n) is 4.09. The van der Waals surface area contributed by atoms with Gasteiger partial charge >= 0.3 is 0 Å². The molecule has 1 fully saturated rings. The lowest BCUT2D eigenvalue weighted by Crippen LogP contribution is -2.34. The Balaban J connectivity index is 1.56. The van der Waals surface area contributed by atoms with Gasteiger partial charge in [-0.3, -0.25) is 9.59 Å². The van der Waals surface area contributed by atoms with Crippen molar-refractivity contribution < 1.29 is 14.3 Å². The molecule has 126 valence electrons. The molecule has 0 bridgehead atoms. The molecule has 7 heteroatoms. The first kappa shape index (κ1) is 16.0. The molecule has 0 saturated carbocycles. The molecule has 2 heterocycles. The van der Waals surface area contributed by atoms with Crippen LogP contribution in [0.5, 0.6) is 5.75 Å². The van der Waals surface area contributed by atoms with E-state index < -0.39 is 0 Å². The molecule has 1 atom stereocenters. The van der Waals surface area contributed by atoms with Crippen molar-refractivity contribution >= 4 is 17.5 Å². The predicted molar refractivity (Wildman–Crippen MR) is 88.7 cm³/mol. The summed E-state index contributed by atoms with van der Waals surface area (Å²) in [7, 11) is 1.58. The lowest BCUT2D eigenvalue weighted by Gasteiger charge is -2.17. The third-order valence-corrected chi connectivity index (χ3v) is 4.09. The highest BCUT2D eigenvalue weighted by molar-refractivity contribution is 6.00. The summed E-state index contributed by atoms with van der Waals surface area (Å²) in [6.45, 7) is 1.56. The van der Waals surface area contributed by atoms with Crippen LogP contribution in [0, 0.1) is 5.92 Å². The number of amides is 2. The number of ether oxygens (including phenoxy) is 1. The summed E-state index contributed by atoms with van der Waals surface area (Å²) in [5.41, 5.74) is 0.757. The lowest BCUT2D eigenvalue weighted by molar-refractivity contribution is -0.126. The van der Waals surface area contributed by atoms with Crippen LogP contribution < -0.4 is 15.0 Å². The minimum Gasteiger partial charge on any atom is -0.497 e. The van der Waals surface area contributed by atoms with Gasteiger partial charge < -0.3 is 19.5 Å². The van der Waals surface area contributed by atoms with Gasteiger partial charge in [-0.15, -0.1) is 0 Å². The maximum Gasteiger partial charge on any atom is 0.227 e. The highest BCUT2D eigenvalue weighted by Gasteiger charge is 2.35. The molecular weight excluding hydrogens is 308 g/mol. The molecule has 24 heavy (non-hydrogen) atoms. The van der Waals surface area contributed by atoms with E-state index in [4.69, 9.17) is 4.74 Å². The van der Waals surface area contributed by atoms with Crippen molar-refractivity contribution in [1.29, 1.82) is 0 Å². The van der Waals surface area contributed by atoms with Gasteiger partial charge in [0.05, 0.1) is 19.4 Å². The number of rotatable bonds is 6. The average Bonchev–Trinajstić information content (AvgIpc) is 3.24. The third kappa shape index (κ3) is 3.56. The fourth-order valence-electron chi connectivity index (χ4n) is 2.78. The summed E-state index contributed by atoms with van der Waals surface area (Å²) in [5.74, 6) is 0.229. The zero-order valence-corrected chi connectivity index (χ0v) is 13.5. The number of methoxy groups -OCH3 is 1. The van der Waals surface area contributed by atoms with Crippen LogP contribution in [-0.4, -0.2) is 41.6 Å². The molecule has 0 unspecified atom stereocenters. The summed E-state index contributed by atoms with van der Waals surface area (Å²) in [5, 5.41) is 2.89. The molecular formula is C17H20N4O3. The lowest BCUT2D eigenvalue weighted by atomic mass is 10.1. The maximum absolute atomic E-state index is 12.3. The number of nitrogens with zero attached hydrogens (tertiary/aromatic N) is 3. The molecule has 0 aliphatic carbocycles. The first-order valence-electron chi connectivity index (χ1n) is 7.85. The number of anilines is 1. The van der Waals surface area contributed by atoms with Crippen LogP contribution in [0.1, 0.15) is 6.42 Å². The number of carbonyl (C=O) groups excluding carboxylic acids is 2. The van der Waals surface area contributed by atoms with Crippen molar-refractivity contribution in [3.63, 3.8) is 0 Å². The van der Waals surface area contributed by atoms with E-state index in [1.54, 1.807) is 30.6 Å². The number of carbonyl (C=O) groups is 2. The van der Waals surface area contributed by atoms with Gasteiger partial charge in [-0.05, 0) is 12.1 Å². The van der Waals surface area contributed by atoms with Crippen molar-refractivity contribution in [3.05, 3.63) is 43.0 Å². The molecule has 0 radical (unpaired) electrons. The Hall–Kier alpha value is -2.83. The number of nitrogens with one attached hydrogen (secondary N) is 1. The number of hydrogen-bond acceptors (Lipinski definition) is 4. The number of benzene rings is 1. The van der Waals surface area contributed by atoms with Gasteiger partial charge in [0.1, 0.15) is 5.75 Å². The Labute approximate surface area is 140 Å². The molecule has 1 aromatic carbocycles. The summed E-state index contributed by atoms with van der Waals surface area (Å²) < 4.78 is 7.08. The Bertz CT molecular complexity index is 714. The normalized spacial score (nSPS) is 17.1. The first-order chi connectivity index (χ1) is 11.7. The summed E-state index contributed by atoms with van der Waals surface area (Å²) in [4.78, 5) is 30.1. The second kappa shape index (κ2) is 7.16. The predicted octanol–water partition coefficient (Wildman–Crippen LogP) is 1.06. The van der Waals surface area contributed by atoms with Crippen LogP contribution in [0.15, 0.2) is 43.0 Å². The molecule has 0 spiro atoms. The molecule has 1 N–H and O–H groups in total. The van der Waals surface area contributed by atoms with Crippen molar-refractivity contribution in [2.75, 3.05) is 25.1 Å². The van der Waals surface area contributed by atoms with Gasteiger partial charge in [-0.25, -0.2) is 4.98 Å². The van der Waals surface area contributed by atoms with Crippen LogP contribution >= 0.6 is 0 Å². The van der Waals surface area contributed by atoms with Gasteiger partial charge in [-0.1, -0.05) is 6.07 Å². The summed E-state index contributed by atoms with van der Waals surface area (Å²) in [6.07, 6.45) is 5.48. The molecule has 7 nitrogen and oxygen atoms in total. The standard InChI is InChI=1S/C17H20N4O3/c1-24-15-4-2-3-14(10-15)21-11-13(9-16(21)22)17(23)19-6-8-20-7-5-18-12-20/h2-5,7,10,12-13H,6,8-9,11H2,1H3,(H,19,23)/t13-/m1/s1.